The van der Waals surface area contributed by atoms with Crippen molar-refractivity contribution in [1.82, 2.24) is 15.2 Å². The van der Waals surface area contributed by atoms with Gasteiger partial charge in [0.1, 0.15) is 17.9 Å². The predicted octanol–water partition coefficient (Wildman–Crippen LogP) is 2.92. The summed E-state index contributed by atoms with van der Waals surface area (Å²) in [6.45, 7) is 5.52. The Labute approximate surface area is 203 Å². The number of aromatic nitrogens is 1. The van der Waals surface area contributed by atoms with Gasteiger partial charge >= 0.3 is 0 Å². The number of ether oxygens (including phenoxy) is 1. The Kier molecular flexibility index (Phi) is 7.06. The molecule has 4 rings (SSSR count). The van der Waals surface area contributed by atoms with E-state index in [2.05, 4.69) is 16.4 Å². The third kappa shape index (κ3) is 4.99. The molecule has 10 heteroatoms. The SMILES string of the molecule is COc1ccccc1C(=O)NC(C(=O)N1CCN(c2oc(-c3ccco3)nc2C#N)CC1)C(C)C. The number of furan rings is 1. The third-order valence-corrected chi connectivity index (χ3v) is 5.90. The lowest BCUT2D eigenvalue weighted by molar-refractivity contribution is -0.134. The maximum Gasteiger partial charge on any atom is 0.266 e. The summed E-state index contributed by atoms with van der Waals surface area (Å²) in [6.07, 6.45) is 1.51. The molecule has 0 saturated carbocycles. The molecule has 10 nitrogen and oxygen atoms in total. The number of carbonyl (C=O) groups excluding carboxylic acids is 2. The van der Waals surface area contributed by atoms with Crippen LogP contribution in [0.1, 0.15) is 29.9 Å². The van der Waals surface area contributed by atoms with Crippen molar-refractivity contribution < 1.29 is 23.2 Å². The van der Waals surface area contributed by atoms with Crippen LogP contribution in [0.5, 0.6) is 5.75 Å². The number of benzene rings is 1. The molecule has 3 heterocycles. The fourth-order valence-corrected chi connectivity index (χ4v) is 4.00. The van der Waals surface area contributed by atoms with E-state index in [1.54, 1.807) is 41.3 Å². The van der Waals surface area contributed by atoms with Crippen molar-refractivity contribution in [2.45, 2.75) is 19.9 Å². The highest BCUT2D eigenvalue weighted by molar-refractivity contribution is 5.99. The third-order valence-electron chi connectivity index (χ3n) is 5.90. The number of amides is 2. The molecule has 3 aromatic rings. The molecule has 1 aliphatic rings. The van der Waals surface area contributed by atoms with Crippen LogP contribution in [0.25, 0.3) is 11.7 Å². The van der Waals surface area contributed by atoms with E-state index in [0.717, 1.165) is 0 Å². The zero-order valence-corrected chi connectivity index (χ0v) is 19.9. The highest BCUT2D eigenvalue weighted by Crippen LogP contribution is 2.29. The Hall–Kier alpha value is -4.26. The van der Waals surface area contributed by atoms with Crippen LogP contribution in [0.15, 0.2) is 51.5 Å². The van der Waals surface area contributed by atoms with Crippen molar-refractivity contribution in [2.24, 2.45) is 5.92 Å². The number of nitrogens with zero attached hydrogens (tertiary/aromatic N) is 4. The van der Waals surface area contributed by atoms with Gasteiger partial charge in [0.2, 0.25) is 17.5 Å². The van der Waals surface area contributed by atoms with Crippen molar-refractivity contribution in [1.29, 1.82) is 5.26 Å². The molecule has 0 spiro atoms. The van der Waals surface area contributed by atoms with E-state index in [4.69, 9.17) is 13.6 Å². The normalized spacial score (nSPS) is 14.5. The summed E-state index contributed by atoms with van der Waals surface area (Å²) in [4.78, 5) is 34.1. The molecule has 1 aromatic carbocycles. The molecular weight excluding hydrogens is 450 g/mol. The number of para-hydroxylation sites is 1. The van der Waals surface area contributed by atoms with E-state index in [-0.39, 0.29) is 29.3 Å². The Morgan fingerprint density at radius 1 is 1.14 bits per heavy atom. The number of rotatable bonds is 7. The Morgan fingerprint density at radius 2 is 1.89 bits per heavy atom. The molecule has 0 bridgehead atoms. The Balaban J connectivity index is 1.43. The number of oxazole rings is 1. The first-order valence-electron chi connectivity index (χ1n) is 11.3. The van der Waals surface area contributed by atoms with Crippen molar-refractivity contribution in [3.8, 4) is 23.5 Å². The Morgan fingerprint density at radius 3 is 2.51 bits per heavy atom. The summed E-state index contributed by atoms with van der Waals surface area (Å²) < 4.78 is 16.4. The molecule has 1 atom stereocenters. The first kappa shape index (κ1) is 23.9. The van der Waals surface area contributed by atoms with Gasteiger partial charge in [0.15, 0.2) is 5.76 Å². The van der Waals surface area contributed by atoms with E-state index in [0.29, 0.717) is 49.1 Å². The molecule has 1 fully saturated rings. The summed E-state index contributed by atoms with van der Waals surface area (Å²) >= 11 is 0. The largest absolute Gasteiger partial charge is 0.496 e. The molecular formula is C25H27N5O5. The van der Waals surface area contributed by atoms with Crippen LogP contribution in [0.3, 0.4) is 0 Å². The van der Waals surface area contributed by atoms with Crippen molar-refractivity contribution in [3.63, 3.8) is 0 Å². The quantitative estimate of drug-likeness (QED) is 0.551. The van der Waals surface area contributed by atoms with Crippen LogP contribution < -0.4 is 15.0 Å². The molecule has 0 aliphatic carbocycles. The van der Waals surface area contributed by atoms with E-state index in [1.165, 1.54) is 13.4 Å². The fraction of sp³-hybridized carbons (Fsp3) is 0.360. The van der Waals surface area contributed by atoms with Crippen LogP contribution in [0.4, 0.5) is 5.88 Å². The predicted molar refractivity (Wildman–Crippen MR) is 127 cm³/mol. The number of anilines is 1. The smallest absolute Gasteiger partial charge is 0.266 e. The maximum absolute atomic E-state index is 13.3. The van der Waals surface area contributed by atoms with Gasteiger partial charge in [0.25, 0.3) is 11.8 Å². The number of nitrogens with one attached hydrogen (secondary N) is 1. The lowest BCUT2D eigenvalue weighted by Gasteiger charge is -2.37. The average Bonchev–Trinajstić information content (AvgIpc) is 3.56. The van der Waals surface area contributed by atoms with Gasteiger partial charge in [-0.25, -0.2) is 0 Å². The lowest BCUT2D eigenvalue weighted by atomic mass is 10.0. The molecule has 1 N–H and O–H groups in total. The number of hydrogen-bond acceptors (Lipinski definition) is 8. The van der Waals surface area contributed by atoms with E-state index in [9.17, 15) is 14.9 Å². The van der Waals surface area contributed by atoms with Crippen molar-refractivity contribution in [2.75, 3.05) is 38.2 Å². The van der Waals surface area contributed by atoms with Gasteiger partial charge < -0.3 is 28.7 Å². The highest BCUT2D eigenvalue weighted by atomic mass is 16.5. The molecule has 35 heavy (non-hydrogen) atoms. The maximum atomic E-state index is 13.3. The summed E-state index contributed by atoms with van der Waals surface area (Å²) in [7, 11) is 1.50. The van der Waals surface area contributed by atoms with Gasteiger partial charge in [-0.1, -0.05) is 26.0 Å². The van der Waals surface area contributed by atoms with Crippen LogP contribution in [-0.2, 0) is 4.79 Å². The monoisotopic (exact) mass is 477 g/mol. The van der Waals surface area contributed by atoms with Gasteiger partial charge in [-0.15, -0.1) is 0 Å². The minimum Gasteiger partial charge on any atom is -0.496 e. The second-order valence-electron chi connectivity index (χ2n) is 8.47. The zero-order valence-electron chi connectivity index (χ0n) is 19.9. The van der Waals surface area contributed by atoms with Crippen LogP contribution in [0, 0.1) is 17.2 Å². The standard InChI is InChI=1S/C25H27N5O5/c1-16(2)21(28-22(31)17-7-4-5-8-19(17)33-3)24(32)29-10-12-30(13-11-29)25-18(15-26)27-23(35-25)20-9-6-14-34-20/h4-9,14,16,21H,10-13H2,1-3H3,(H,28,31). The topological polar surface area (TPSA) is 125 Å². The van der Waals surface area contributed by atoms with Crippen LogP contribution in [0.2, 0.25) is 0 Å². The van der Waals surface area contributed by atoms with Gasteiger partial charge in [0.05, 0.1) is 18.9 Å². The number of methoxy groups -OCH3 is 1. The van der Waals surface area contributed by atoms with Crippen LogP contribution >= 0.6 is 0 Å². The second kappa shape index (κ2) is 10.3. The average molecular weight is 478 g/mol. The highest BCUT2D eigenvalue weighted by Gasteiger charge is 2.33. The van der Waals surface area contributed by atoms with Gasteiger partial charge in [0, 0.05) is 26.2 Å². The molecule has 182 valence electrons. The number of nitriles is 1. The number of carbonyl (C=O) groups is 2. The molecule has 2 aromatic heterocycles. The Bertz CT molecular complexity index is 1220. The van der Waals surface area contributed by atoms with E-state index >= 15 is 0 Å². The number of piperazine rings is 1. The number of hydrogen-bond donors (Lipinski definition) is 1. The van der Waals surface area contributed by atoms with E-state index < -0.39 is 6.04 Å². The summed E-state index contributed by atoms with van der Waals surface area (Å²) in [5, 5.41) is 12.4. The molecule has 1 saturated heterocycles. The first-order valence-corrected chi connectivity index (χ1v) is 11.3. The van der Waals surface area contributed by atoms with E-state index in [1.807, 2.05) is 18.7 Å². The van der Waals surface area contributed by atoms with Gasteiger partial charge in [-0.05, 0) is 30.2 Å². The minimum atomic E-state index is -0.690. The summed E-state index contributed by atoms with van der Waals surface area (Å²) in [6, 6.07) is 11.7. The molecule has 1 aliphatic heterocycles. The van der Waals surface area contributed by atoms with Gasteiger partial charge in [-0.2, -0.15) is 10.2 Å². The van der Waals surface area contributed by atoms with Crippen molar-refractivity contribution >= 4 is 17.7 Å². The molecule has 0 radical (unpaired) electrons. The van der Waals surface area contributed by atoms with Gasteiger partial charge in [-0.3, -0.25) is 9.59 Å². The summed E-state index contributed by atoms with van der Waals surface area (Å²) in [5.74, 6) is 0.843. The zero-order chi connectivity index (χ0) is 24.9. The summed E-state index contributed by atoms with van der Waals surface area (Å²) in [5.41, 5.74) is 0.542. The fourth-order valence-electron chi connectivity index (χ4n) is 4.00. The van der Waals surface area contributed by atoms with Crippen LogP contribution in [-0.4, -0.2) is 61.0 Å². The lowest BCUT2D eigenvalue weighted by Crippen LogP contribution is -2.56. The molecule has 1 unspecified atom stereocenters. The van der Waals surface area contributed by atoms with Crippen molar-refractivity contribution in [3.05, 3.63) is 53.9 Å². The molecule has 2 amide bonds. The first-order chi connectivity index (χ1) is 16.9. The second-order valence-corrected chi connectivity index (χ2v) is 8.47. The minimum absolute atomic E-state index is 0.116.